The molecule has 0 aromatic heterocycles. The van der Waals surface area contributed by atoms with E-state index in [0.29, 0.717) is 6.42 Å². The maximum absolute atomic E-state index is 13.1. The van der Waals surface area contributed by atoms with Gasteiger partial charge in [0.1, 0.15) is 4.90 Å². The summed E-state index contributed by atoms with van der Waals surface area (Å²) in [5.41, 5.74) is 1.77. The SMILES string of the molecule is CS(=O)(=O)c1ccccc1S(=O)(=O)NC(Cc1ccccc1)c1ccccc1. The second kappa shape index (κ2) is 8.26. The Balaban J connectivity index is 2.01. The van der Waals surface area contributed by atoms with Gasteiger partial charge in [-0.1, -0.05) is 72.8 Å². The van der Waals surface area contributed by atoms with Crippen molar-refractivity contribution in [1.29, 1.82) is 0 Å². The third-order valence-corrected chi connectivity index (χ3v) is 7.13. The molecule has 28 heavy (non-hydrogen) atoms. The van der Waals surface area contributed by atoms with Gasteiger partial charge in [0.15, 0.2) is 9.84 Å². The smallest absolute Gasteiger partial charge is 0.224 e. The maximum Gasteiger partial charge on any atom is 0.242 e. The van der Waals surface area contributed by atoms with E-state index in [4.69, 9.17) is 0 Å². The molecule has 0 saturated heterocycles. The molecular formula is C21H21NO4S2. The summed E-state index contributed by atoms with van der Waals surface area (Å²) >= 11 is 0. The fraction of sp³-hybridized carbons (Fsp3) is 0.143. The largest absolute Gasteiger partial charge is 0.242 e. The van der Waals surface area contributed by atoms with Gasteiger partial charge in [-0.15, -0.1) is 0 Å². The van der Waals surface area contributed by atoms with E-state index in [9.17, 15) is 16.8 Å². The summed E-state index contributed by atoms with van der Waals surface area (Å²) in [6.45, 7) is 0. The predicted octanol–water partition coefficient (Wildman–Crippen LogP) is 3.35. The zero-order valence-corrected chi connectivity index (χ0v) is 16.9. The molecule has 0 aliphatic rings. The lowest BCUT2D eigenvalue weighted by atomic mass is 10.00. The Morgan fingerprint density at radius 2 is 1.21 bits per heavy atom. The molecule has 0 aliphatic heterocycles. The van der Waals surface area contributed by atoms with Crippen LogP contribution in [0.1, 0.15) is 17.2 Å². The van der Waals surface area contributed by atoms with Gasteiger partial charge in [-0.05, 0) is 29.7 Å². The first-order valence-corrected chi connectivity index (χ1v) is 12.0. The number of sulfone groups is 1. The second-order valence-electron chi connectivity index (χ2n) is 6.49. The summed E-state index contributed by atoms with van der Waals surface area (Å²) in [7, 11) is -7.77. The molecule has 0 amide bonds. The molecule has 146 valence electrons. The topological polar surface area (TPSA) is 80.3 Å². The molecule has 1 unspecified atom stereocenters. The average Bonchev–Trinajstić information content (AvgIpc) is 2.68. The maximum atomic E-state index is 13.1. The highest BCUT2D eigenvalue weighted by molar-refractivity contribution is 7.93. The molecule has 0 spiro atoms. The van der Waals surface area contributed by atoms with Crippen molar-refractivity contribution in [3.8, 4) is 0 Å². The monoisotopic (exact) mass is 415 g/mol. The van der Waals surface area contributed by atoms with E-state index >= 15 is 0 Å². The van der Waals surface area contributed by atoms with E-state index in [1.165, 1.54) is 24.3 Å². The van der Waals surface area contributed by atoms with Gasteiger partial charge in [0.25, 0.3) is 0 Å². The standard InChI is InChI=1S/C21H21NO4S2/c1-27(23,24)20-14-8-9-15-21(20)28(25,26)22-19(18-12-6-3-7-13-18)16-17-10-4-2-5-11-17/h2-15,19,22H,16H2,1H3. The van der Waals surface area contributed by atoms with Crippen LogP contribution in [0.25, 0.3) is 0 Å². The van der Waals surface area contributed by atoms with Crippen LogP contribution in [-0.4, -0.2) is 23.1 Å². The third kappa shape index (κ3) is 4.86. The van der Waals surface area contributed by atoms with Crippen LogP contribution in [0.4, 0.5) is 0 Å². The Kier molecular flexibility index (Phi) is 5.98. The van der Waals surface area contributed by atoms with Crippen LogP contribution >= 0.6 is 0 Å². The van der Waals surface area contributed by atoms with E-state index < -0.39 is 25.9 Å². The quantitative estimate of drug-likeness (QED) is 0.642. The lowest BCUT2D eigenvalue weighted by Crippen LogP contribution is -2.31. The summed E-state index contributed by atoms with van der Waals surface area (Å²) in [6, 6.07) is 23.9. The second-order valence-corrected chi connectivity index (χ2v) is 10.2. The summed E-state index contributed by atoms with van der Waals surface area (Å²) in [5, 5.41) is 0. The van der Waals surface area contributed by atoms with Crippen molar-refractivity contribution in [2.75, 3.05) is 6.26 Å². The molecule has 1 N–H and O–H groups in total. The normalized spacial score (nSPS) is 13.2. The van der Waals surface area contributed by atoms with Crippen molar-refractivity contribution in [2.45, 2.75) is 22.3 Å². The first-order valence-electron chi connectivity index (χ1n) is 8.68. The molecular weight excluding hydrogens is 394 g/mol. The number of benzene rings is 3. The van der Waals surface area contributed by atoms with Crippen LogP contribution in [0, 0.1) is 0 Å². The van der Waals surface area contributed by atoms with Gasteiger partial charge in [-0.3, -0.25) is 0 Å². The van der Waals surface area contributed by atoms with Crippen molar-refractivity contribution >= 4 is 19.9 Å². The predicted molar refractivity (Wildman–Crippen MR) is 109 cm³/mol. The van der Waals surface area contributed by atoms with Crippen LogP contribution in [0.5, 0.6) is 0 Å². The molecule has 1 atom stereocenters. The molecule has 7 heteroatoms. The Hall–Kier alpha value is -2.48. The lowest BCUT2D eigenvalue weighted by Gasteiger charge is -2.20. The molecule has 3 aromatic rings. The highest BCUT2D eigenvalue weighted by atomic mass is 32.2. The molecule has 0 bridgehead atoms. The molecule has 3 rings (SSSR count). The molecule has 0 radical (unpaired) electrons. The van der Waals surface area contributed by atoms with Crippen LogP contribution in [0.15, 0.2) is 94.7 Å². The minimum Gasteiger partial charge on any atom is -0.224 e. The Labute approximate surface area is 166 Å². The summed E-state index contributed by atoms with van der Waals surface area (Å²) in [5.74, 6) is 0. The van der Waals surface area contributed by atoms with Crippen molar-refractivity contribution in [2.24, 2.45) is 0 Å². The summed E-state index contributed by atoms with van der Waals surface area (Å²) in [6.07, 6.45) is 1.44. The first kappa shape index (κ1) is 20.3. The molecule has 0 aliphatic carbocycles. The molecule has 0 saturated carbocycles. The van der Waals surface area contributed by atoms with Crippen molar-refractivity contribution in [1.82, 2.24) is 4.72 Å². The Morgan fingerprint density at radius 3 is 1.79 bits per heavy atom. The highest BCUT2D eigenvalue weighted by Gasteiger charge is 2.27. The fourth-order valence-corrected chi connectivity index (χ4v) is 5.85. The van der Waals surface area contributed by atoms with Gasteiger partial charge in [0.05, 0.1) is 10.9 Å². The number of nitrogens with one attached hydrogen (secondary N) is 1. The minimum atomic E-state index is -4.07. The number of sulfonamides is 1. The van der Waals surface area contributed by atoms with Crippen LogP contribution < -0.4 is 4.72 Å². The summed E-state index contributed by atoms with van der Waals surface area (Å²) in [4.78, 5) is -0.458. The van der Waals surface area contributed by atoms with E-state index in [2.05, 4.69) is 4.72 Å². The summed E-state index contributed by atoms with van der Waals surface area (Å²) < 4.78 is 53.0. The highest BCUT2D eigenvalue weighted by Crippen LogP contribution is 2.25. The van der Waals surface area contributed by atoms with Gasteiger partial charge < -0.3 is 0 Å². The van der Waals surface area contributed by atoms with Crippen molar-refractivity contribution in [3.05, 3.63) is 96.1 Å². The Morgan fingerprint density at radius 1 is 0.714 bits per heavy atom. The van der Waals surface area contributed by atoms with Crippen LogP contribution in [0.2, 0.25) is 0 Å². The number of hydrogen-bond donors (Lipinski definition) is 1. The Bertz CT molecular complexity index is 1140. The van der Waals surface area contributed by atoms with E-state index in [1.807, 2.05) is 60.7 Å². The van der Waals surface area contributed by atoms with Gasteiger partial charge in [0, 0.05) is 6.26 Å². The van der Waals surface area contributed by atoms with Crippen molar-refractivity contribution in [3.63, 3.8) is 0 Å². The molecule has 5 nitrogen and oxygen atoms in total. The minimum absolute atomic E-state index is 0.214. The van der Waals surface area contributed by atoms with E-state index in [0.717, 1.165) is 17.4 Å². The van der Waals surface area contributed by atoms with Gasteiger partial charge in [0.2, 0.25) is 10.0 Å². The number of hydrogen-bond acceptors (Lipinski definition) is 4. The fourth-order valence-electron chi connectivity index (χ4n) is 2.99. The third-order valence-electron chi connectivity index (χ3n) is 4.32. The van der Waals surface area contributed by atoms with Gasteiger partial charge >= 0.3 is 0 Å². The van der Waals surface area contributed by atoms with Gasteiger partial charge in [-0.25, -0.2) is 21.6 Å². The van der Waals surface area contributed by atoms with Gasteiger partial charge in [-0.2, -0.15) is 0 Å². The molecule has 3 aromatic carbocycles. The first-order chi connectivity index (χ1) is 13.3. The van der Waals surface area contributed by atoms with Crippen LogP contribution in [-0.2, 0) is 26.3 Å². The average molecular weight is 416 g/mol. The lowest BCUT2D eigenvalue weighted by molar-refractivity contribution is 0.550. The molecule has 0 heterocycles. The zero-order chi connectivity index (χ0) is 20.2. The van der Waals surface area contributed by atoms with Crippen LogP contribution in [0.3, 0.4) is 0 Å². The zero-order valence-electron chi connectivity index (χ0n) is 15.3. The van der Waals surface area contributed by atoms with E-state index in [1.54, 1.807) is 0 Å². The number of rotatable bonds is 7. The molecule has 0 fully saturated rings. The van der Waals surface area contributed by atoms with E-state index in [-0.39, 0.29) is 9.79 Å². The van der Waals surface area contributed by atoms with Crippen molar-refractivity contribution < 1.29 is 16.8 Å².